The van der Waals surface area contributed by atoms with Crippen LogP contribution in [0, 0.1) is 6.92 Å². The first kappa shape index (κ1) is 15.5. The number of rotatable bonds is 5. The SMILES string of the molecule is CCC1NC(c2ccc(C)s2)N(C(C)CN(C)C)C1=O. The molecule has 0 spiro atoms. The van der Waals surface area contributed by atoms with Crippen LogP contribution < -0.4 is 5.32 Å². The monoisotopic (exact) mass is 295 g/mol. The average molecular weight is 295 g/mol. The number of likely N-dealkylation sites (N-methyl/N-ethyl adjacent to an activating group) is 1. The summed E-state index contributed by atoms with van der Waals surface area (Å²) < 4.78 is 0. The molecule has 0 radical (unpaired) electrons. The van der Waals surface area contributed by atoms with E-state index in [1.807, 2.05) is 19.0 Å². The van der Waals surface area contributed by atoms with Gasteiger partial charge in [0, 0.05) is 22.3 Å². The summed E-state index contributed by atoms with van der Waals surface area (Å²) in [5.41, 5.74) is 0. The van der Waals surface area contributed by atoms with Gasteiger partial charge in [0.25, 0.3) is 0 Å². The standard InChI is InChI=1S/C15H25N3OS/c1-6-12-15(19)18(10(2)9-17(4)5)14(16-12)13-8-7-11(3)20-13/h7-8,10,12,14,16H,6,9H2,1-5H3. The largest absolute Gasteiger partial charge is 0.317 e. The Morgan fingerprint density at radius 2 is 2.15 bits per heavy atom. The summed E-state index contributed by atoms with van der Waals surface area (Å²) in [4.78, 5) is 19.3. The minimum atomic E-state index is -0.0491. The lowest BCUT2D eigenvalue weighted by Gasteiger charge is -2.31. The quantitative estimate of drug-likeness (QED) is 0.905. The van der Waals surface area contributed by atoms with E-state index in [1.54, 1.807) is 11.3 Å². The third kappa shape index (κ3) is 3.05. The number of carbonyl (C=O) groups excluding carboxylic acids is 1. The van der Waals surface area contributed by atoms with Gasteiger partial charge in [-0.3, -0.25) is 10.1 Å². The second-order valence-corrected chi connectivity index (χ2v) is 7.15. The van der Waals surface area contributed by atoms with Gasteiger partial charge in [-0.05, 0) is 46.5 Å². The summed E-state index contributed by atoms with van der Waals surface area (Å²) in [5.74, 6) is 0.234. The second-order valence-electron chi connectivity index (χ2n) is 5.84. The lowest BCUT2D eigenvalue weighted by atomic mass is 10.2. The summed E-state index contributed by atoms with van der Waals surface area (Å²) in [5, 5.41) is 3.49. The number of amides is 1. The molecule has 1 aliphatic rings. The van der Waals surface area contributed by atoms with Gasteiger partial charge in [0.15, 0.2) is 0 Å². The number of nitrogens with one attached hydrogen (secondary N) is 1. The lowest BCUT2D eigenvalue weighted by Crippen LogP contribution is -2.43. The van der Waals surface area contributed by atoms with E-state index in [2.05, 4.69) is 43.1 Å². The van der Waals surface area contributed by atoms with Crippen molar-refractivity contribution in [1.82, 2.24) is 15.1 Å². The molecule has 3 unspecified atom stereocenters. The number of hydrogen-bond acceptors (Lipinski definition) is 4. The van der Waals surface area contributed by atoms with Crippen molar-refractivity contribution in [3.8, 4) is 0 Å². The zero-order valence-corrected chi connectivity index (χ0v) is 13.8. The van der Waals surface area contributed by atoms with E-state index < -0.39 is 0 Å². The Bertz CT molecular complexity index is 471. The minimum absolute atomic E-state index is 0.0288. The molecular weight excluding hydrogens is 270 g/mol. The molecule has 1 amide bonds. The second kappa shape index (κ2) is 6.24. The van der Waals surface area contributed by atoms with E-state index in [1.165, 1.54) is 9.75 Å². The Labute approximate surface area is 125 Å². The van der Waals surface area contributed by atoms with Gasteiger partial charge in [-0.25, -0.2) is 0 Å². The predicted molar refractivity (Wildman–Crippen MR) is 83.9 cm³/mol. The zero-order chi connectivity index (χ0) is 14.9. The normalized spacial score (nSPS) is 24.7. The maximum Gasteiger partial charge on any atom is 0.241 e. The first-order chi connectivity index (χ1) is 9.43. The molecule has 0 aromatic carbocycles. The van der Waals surface area contributed by atoms with E-state index in [9.17, 15) is 4.79 Å². The number of hydrogen-bond donors (Lipinski definition) is 1. The van der Waals surface area contributed by atoms with E-state index >= 15 is 0 Å². The Balaban J connectivity index is 2.25. The van der Waals surface area contributed by atoms with Crippen LogP contribution in [0.1, 0.15) is 36.2 Å². The van der Waals surface area contributed by atoms with Crippen molar-refractivity contribution in [2.75, 3.05) is 20.6 Å². The molecule has 0 bridgehead atoms. The van der Waals surface area contributed by atoms with Gasteiger partial charge in [0.2, 0.25) is 5.91 Å². The molecular formula is C15H25N3OS. The molecule has 4 nitrogen and oxygen atoms in total. The van der Waals surface area contributed by atoms with Crippen LogP contribution in [0.3, 0.4) is 0 Å². The third-order valence-electron chi connectivity index (χ3n) is 3.73. The first-order valence-corrected chi connectivity index (χ1v) is 8.05. The molecule has 1 aliphatic heterocycles. The van der Waals surface area contributed by atoms with Crippen LogP contribution in [0.15, 0.2) is 12.1 Å². The molecule has 3 atom stereocenters. The van der Waals surface area contributed by atoms with Crippen molar-refractivity contribution < 1.29 is 4.79 Å². The average Bonchev–Trinajstić information content (AvgIpc) is 2.92. The fraction of sp³-hybridized carbons (Fsp3) is 0.667. The number of thiophene rings is 1. The van der Waals surface area contributed by atoms with Gasteiger partial charge in [-0.15, -0.1) is 11.3 Å². The van der Waals surface area contributed by atoms with Crippen LogP contribution in [-0.2, 0) is 4.79 Å². The summed E-state index contributed by atoms with van der Waals surface area (Å²) in [6, 6.07) is 4.42. The van der Waals surface area contributed by atoms with Gasteiger partial charge in [0.1, 0.15) is 6.17 Å². The summed E-state index contributed by atoms with van der Waals surface area (Å²) >= 11 is 1.77. The fourth-order valence-electron chi connectivity index (χ4n) is 2.85. The molecule has 20 heavy (non-hydrogen) atoms. The molecule has 1 aromatic rings. The molecule has 1 N–H and O–H groups in total. The number of carbonyl (C=O) groups is 1. The molecule has 2 rings (SSSR count). The number of aryl methyl sites for hydroxylation is 1. The molecule has 1 fully saturated rings. The predicted octanol–water partition coefficient (Wildman–Crippen LogP) is 2.22. The number of nitrogens with zero attached hydrogens (tertiary/aromatic N) is 2. The van der Waals surface area contributed by atoms with Gasteiger partial charge >= 0.3 is 0 Å². The van der Waals surface area contributed by atoms with E-state index in [0.717, 1.165) is 13.0 Å². The van der Waals surface area contributed by atoms with E-state index in [0.29, 0.717) is 0 Å². The minimum Gasteiger partial charge on any atom is -0.317 e. The fourth-order valence-corrected chi connectivity index (χ4v) is 3.79. The van der Waals surface area contributed by atoms with Crippen LogP contribution in [0.2, 0.25) is 0 Å². The van der Waals surface area contributed by atoms with Crippen molar-refractivity contribution in [3.05, 3.63) is 21.9 Å². The Morgan fingerprint density at radius 1 is 1.45 bits per heavy atom. The highest BCUT2D eigenvalue weighted by atomic mass is 32.1. The van der Waals surface area contributed by atoms with Gasteiger partial charge in [0.05, 0.1) is 6.04 Å². The highest BCUT2D eigenvalue weighted by Gasteiger charge is 2.41. The van der Waals surface area contributed by atoms with Crippen LogP contribution in [-0.4, -0.2) is 48.4 Å². The highest BCUT2D eigenvalue weighted by Crippen LogP contribution is 2.32. The van der Waals surface area contributed by atoms with Gasteiger partial charge in [-0.1, -0.05) is 6.92 Å². The van der Waals surface area contributed by atoms with Crippen molar-refractivity contribution in [2.45, 2.75) is 45.4 Å². The topological polar surface area (TPSA) is 35.6 Å². The summed E-state index contributed by atoms with van der Waals surface area (Å²) in [6.45, 7) is 7.18. The van der Waals surface area contributed by atoms with Crippen LogP contribution in [0.25, 0.3) is 0 Å². The van der Waals surface area contributed by atoms with E-state index in [4.69, 9.17) is 0 Å². The molecule has 0 saturated carbocycles. The highest BCUT2D eigenvalue weighted by molar-refractivity contribution is 7.12. The third-order valence-corrected chi connectivity index (χ3v) is 4.79. The lowest BCUT2D eigenvalue weighted by molar-refractivity contribution is -0.132. The smallest absolute Gasteiger partial charge is 0.241 e. The molecule has 1 saturated heterocycles. The van der Waals surface area contributed by atoms with Crippen LogP contribution in [0.4, 0.5) is 0 Å². The molecule has 1 aromatic heterocycles. The van der Waals surface area contributed by atoms with Crippen molar-refractivity contribution >= 4 is 17.2 Å². The molecule has 2 heterocycles. The van der Waals surface area contributed by atoms with Crippen molar-refractivity contribution in [2.24, 2.45) is 0 Å². The maximum atomic E-state index is 12.6. The van der Waals surface area contributed by atoms with Crippen LogP contribution in [0.5, 0.6) is 0 Å². The van der Waals surface area contributed by atoms with Gasteiger partial charge in [-0.2, -0.15) is 0 Å². The molecule has 5 heteroatoms. The summed E-state index contributed by atoms with van der Waals surface area (Å²) in [7, 11) is 4.10. The molecule has 112 valence electrons. The van der Waals surface area contributed by atoms with E-state index in [-0.39, 0.29) is 24.2 Å². The van der Waals surface area contributed by atoms with Crippen molar-refractivity contribution in [1.29, 1.82) is 0 Å². The van der Waals surface area contributed by atoms with Gasteiger partial charge < -0.3 is 9.80 Å². The summed E-state index contributed by atoms with van der Waals surface area (Å²) in [6.07, 6.45) is 0.867. The van der Waals surface area contributed by atoms with Crippen LogP contribution >= 0.6 is 11.3 Å². The Kier molecular flexibility index (Phi) is 4.83. The Hall–Kier alpha value is -0.910. The zero-order valence-electron chi connectivity index (χ0n) is 13.0. The molecule has 0 aliphatic carbocycles. The first-order valence-electron chi connectivity index (χ1n) is 7.23. The maximum absolute atomic E-state index is 12.6. The Morgan fingerprint density at radius 3 is 2.65 bits per heavy atom. The van der Waals surface area contributed by atoms with Crippen molar-refractivity contribution in [3.63, 3.8) is 0 Å².